The molecule has 1 amide bonds. The number of ether oxygens (including phenoxy) is 2. The highest BCUT2D eigenvalue weighted by molar-refractivity contribution is 5.91. The minimum atomic E-state index is -0.183. The van der Waals surface area contributed by atoms with Crippen molar-refractivity contribution in [3.63, 3.8) is 0 Å². The Morgan fingerprint density at radius 2 is 1.56 bits per heavy atom. The van der Waals surface area contributed by atoms with Gasteiger partial charge < -0.3 is 14.8 Å². The lowest BCUT2D eigenvalue weighted by Gasteiger charge is -2.10. The van der Waals surface area contributed by atoms with E-state index < -0.39 is 0 Å². The minimum absolute atomic E-state index is 0.0154. The second-order valence-corrected chi connectivity index (χ2v) is 6.87. The normalized spacial score (nSPS) is 10.5. The highest BCUT2D eigenvalue weighted by Crippen LogP contribution is 2.18. The van der Waals surface area contributed by atoms with Crippen LogP contribution in [0.3, 0.4) is 0 Å². The summed E-state index contributed by atoms with van der Waals surface area (Å²) < 4.78 is 11.3. The molecule has 4 nitrogen and oxygen atoms in total. The number of nitrogens with one attached hydrogen (secondary N) is 1. The smallest absolute Gasteiger partial charge is 0.262 e. The van der Waals surface area contributed by atoms with Gasteiger partial charge in [-0.05, 0) is 67.8 Å². The molecule has 0 unspecified atom stereocenters. The van der Waals surface area contributed by atoms with Crippen LogP contribution in [0.5, 0.6) is 11.5 Å². The highest BCUT2D eigenvalue weighted by atomic mass is 16.5. The predicted octanol–water partition coefficient (Wildman–Crippen LogP) is 5.67. The van der Waals surface area contributed by atoms with Gasteiger partial charge in [0.15, 0.2) is 6.61 Å². The van der Waals surface area contributed by atoms with Gasteiger partial charge in [0.1, 0.15) is 11.5 Å². The number of hydrogen-bond donors (Lipinski definition) is 1. The first-order valence-electron chi connectivity index (χ1n) is 9.81. The molecule has 0 bridgehead atoms. The molecule has 27 heavy (non-hydrogen) atoms. The molecule has 4 heteroatoms. The monoisotopic (exact) mass is 369 g/mol. The fourth-order valence-electron chi connectivity index (χ4n) is 2.68. The van der Waals surface area contributed by atoms with E-state index in [2.05, 4.69) is 12.2 Å². The Hall–Kier alpha value is -2.49. The summed E-state index contributed by atoms with van der Waals surface area (Å²) in [5, 5.41) is 2.84. The van der Waals surface area contributed by atoms with Crippen molar-refractivity contribution in [1.29, 1.82) is 0 Å². The average molecular weight is 370 g/mol. The average Bonchev–Trinajstić information content (AvgIpc) is 2.67. The van der Waals surface area contributed by atoms with Crippen LogP contribution >= 0.6 is 0 Å². The van der Waals surface area contributed by atoms with E-state index in [9.17, 15) is 4.79 Å². The molecule has 0 aromatic heterocycles. The largest absolute Gasteiger partial charge is 0.494 e. The summed E-state index contributed by atoms with van der Waals surface area (Å²) in [5.41, 5.74) is 3.09. The van der Waals surface area contributed by atoms with Gasteiger partial charge in [-0.1, -0.05) is 38.7 Å². The summed E-state index contributed by atoms with van der Waals surface area (Å²) in [6, 6.07) is 13.3. The summed E-state index contributed by atoms with van der Waals surface area (Å²) in [6.45, 7) is 7.01. The van der Waals surface area contributed by atoms with E-state index in [1.54, 1.807) is 0 Å². The summed E-state index contributed by atoms with van der Waals surface area (Å²) >= 11 is 0. The van der Waals surface area contributed by atoms with E-state index in [-0.39, 0.29) is 12.5 Å². The third-order valence-electron chi connectivity index (χ3n) is 4.50. The van der Waals surface area contributed by atoms with Crippen molar-refractivity contribution in [3.8, 4) is 11.5 Å². The molecule has 0 saturated heterocycles. The van der Waals surface area contributed by atoms with Crippen molar-refractivity contribution >= 4 is 11.6 Å². The van der Waals surface area contributed by atoms with Crippen LogP contribution < -0.4 is 14.8 Å². The molecule has 0 fully saturated rings. The van der Waals surface area contributed by atoms with Gasteiger partial charge in [0.25, 0.3) is 5.91 Å². The molecule has 0 aliphatic heterocycles. The standard InChI is InChI=1S/C23H31NO3/c1-4-5-6-7-8-15-26-21-13-10-20(11-14-21)24-23(25)17-27-22-12-9-18(2)19(3)16-22/h9-14,16H,4-8,15,17H2,1-3H3,(H,24,25). The lowest BCUT2D eigenvalue weighted by molar-refractivity contribution is -0.118. The number of aryl methyl sites for hydroxylation is 2. The maximum atomic E-state index is 12.1. The third-order valence-corrected chi connectivity index (χ3v) is 4.50. The lowest BCUT2D eigenvalue weighted by Crippen LogP contribution is -2.20. The van der Waals surface area contributed by atoms with Crippen LogP contribution in [0, 0.1) is 13.8 Å². The number of benzene rings is 2. The maximum absolute atomic E-state index is 12.1. The Kier molecular flexibility index (Phi) is 8.69. The fraction of sp³-hybridized carbons (Fsp3) is 0.435. The molecule has 0 radical (unpaired) electrons. The van der Waals surface area contributed by atoms with E-state index in [0.717, 1.165) is 30.0 Å². The SMILES string of the molecule is CCCCCCCOc1ccc(NC(=O)COc2ccc(C)c(C)c2)cc1. The third kappa shape index (κ3) is 7.73. The Balaban J connectivity index is 1.70. The maximum Gasteiger partial charge on any atom is 0.262 e. The van der Waals surface area contributed by atoms with Gasteiger partial charge in [0.2, 0.25) is 0 Å². The number of carbonyl (C=O) groups excluding carboxylic acids is 1. The first kappa shape index (κ1) is 20.8. The molecule has 2 aromatic rings. The summed E-state index contributed by atoms with van der Waals surface area (Å²) in [4.78, 5) is 12.1. The van der Waals surface area contributed by atoms with E-state index in [4.69, 9.17) is 9.47 Å². The van der Waals surface area contributed by atoms with Crippen molar-refractivity contribution in [2.45, 2.75) is 52.9 Å². The van der Waals surface area contributed by atoms with Crippen molar-refractivity contribution in [1.82, 2.24) is 0 Å². The van der Waals surface area contributed by atoms with Crippen LogP contribution in [0.2, 0.25) is 0 Å². The van der Waals surface area contributed by atoms with Crippen LogP contribution in [-0.2, 0) is 4.79 Å². The molecule has 2 rings (SSSR count). The molecular formula is C23H31NO3. The van der Waals surface area contributed by atoms with Crippen LogP contribution in [0.15, 0.2) is 42.5 Å². The quantitative estimate of drug-likeness (QED) is 0.519. The zero-order valence-electron chi connectivity index (χ0n) is 16.7. The van der Waals surface area contributed by atoms with Crippen molar-refractivity contribution in [2.24, 2.45) is 0 Å². The second-order valence-electron chi connectivity index (χ2n) is 6.87. The molecule has 0 aliphatic carbocycles. The molecule has 0 aliphatic rings. The molecule has 146 valence electrons. The molecule has 1 N–H and O–H groups in total. The fourth-order valence-corrected chi connectivity index (χ4v) is 2.68. The molecule has 2 aromatic carbocycles. The molecule has 0 saturated carbocycles. The number of amides is 1. The van der Waals surface area contributed by atoms with Gasteiger partial charge in [0, 0.05) is 5.69 Å². The van der Waals surface area contributed by atoms with Crippen LogP contribution in [-0.4, -0.2) is 19.1 Å². The first-order valence-corrected chi connectivity index (χ1v) is 9.81. The summed E-state index contributed by atoms with van der Waals surface area (Å²) in [7, 11) is 0. The van der Waals surface area contributed by atoms with Gasteiger partial charge in [-0.3, -0.25) is 4.79 Å². The number of carbonyl (C=O) groups is 1. The second kappa shape index (κ2) is 11.3. The van der Waals surface area contributed by atoms with Crippen LogP contribution in [0.25, 0.3) is 0 Å². The van der Waals surface area contributed by atoms with Gasteiger partial charge in [-0.2, -0.15) is 0 Å². The Labute approximate surface area is 162 Å². The Morgan fingerprint density at radius 1 is 0.852 bits per heavy atom. The van der Waals surface area contributed by atoms with E-state index in [0.29, 0.717) is 5.75 Å². The Morgan fingerprint density at radius 3 is 2.26 bits per heavy atom. The first-order chi connectivity index (χ1) is 13.1. The van der Waals surface area contributed by atoms with Gasteiger partial charge in [-0.15, -0.1) is 0 Å². The van der Waals surface area contributed by atoms with Gasteiger partial charge >= 0.3 is 0 Å². The lowest BCUT2D eigenvalue weighted by atomic mass is 10.1. The van der Waals surface area contributed by atoms with E-state index in [1.165, 1.54) is 31.2 Å². The molecule has 0 heterocycles. The molecule has 0 atom stereocenters. The van der Waals surface area contributed by atoms with Crippen LogP contribution in [0.1, 0.15) is 50.2 Å². The summed E-state index contributed by atoms with van der Waals surface area (Å²) in [5.74, 6) is 1.35. The summed E-state index contributed by atoms with van der Waals surface area (Å²) in [6.07, 6.45) is 6.11. The zero-order chi connectivity index (χ0) is 19.5. The molecule has 0 spiro atoms. The number of anilines is 1. The van der Waals surface area contributed by atoms with Crippen molar-refractivity contribution in [3.05, 3.63) is 53.6 Å². The number of rotatable bonds is 11. The zero-order valence-corrected chi connectivity index (χ0v) is 16.7. The van der Waals surface area contributed by atoms with Crippen LogP contribution in [0.4, 0.5) is 5.69 Å². The van der Waals surface area contributed by atoms with Crippen molar-refractivity contribution in [2.75, 3.05) is 18.5 Å². The Bertz CT molecular complexity index is 710. The number of hydrogen-bond acceptors (Lipinski definition) is 3. The van der Waals surface area contributed by atoms with Gasteiger partial charge in [-0.25, -0.2) is 0 Å². The highest BCUT2D eigenvalue weighted by Gasteiger charge is 2.05. The van der Waals surface area contributed by atoms with E-state index >= 15 is 0 Å². The number of unbranched alkanes of at least 4 members (excludes halogenated alkanes) is 4. The topological polar surface area (TPSA) is 47.6 Å². The van der Waals surface area contributed by atoms with Crippen molar-refractivity contribution < 1.29 is 14.3 Å². The predicted molar refractivity (Wildman–Crippen MR) is 111 cm³/mol. The van der Waals surface area contributed by atoms with Gasteiger partial charge in [0.05, 0.1) is 6.61 Å². The molecular weight excluding hydrogens is 338 g/mol. The van der Waals surface area contributed by atoms with E-state index in [1.807, 2.05) is 56.3 Å². The minimum Gasteiger partial charge on any atom is -0.494 e.